The Morgan fingerprint density at radius 1 is 0.351 bits per heavy atom. The van der Waals surface area contributed by atoms with Gasteiger partial charge in [0.25, 0.3) is 0 Å². The second-order valence-electron chi connectivity index (χ2n) is 24.2. The van der Waals surface area contributed by atoms with E-state index in [1.54, 1.807) is 6.08 Å². The second kappa shape index (κ2) is 66.8. The van der Waals surface area contributed by atoms with E-state index in [2.05, 4.69) is 31.3 Å². The summed E-state index contributed by atoms with van der Waals surface area (Å²) in [7, 11) is 0. The van der Waals surface area contributed by atoms with Gasteiger partial charge < -0.3 is 20.3 Å². The van der Waals surface area contributed by atoms with E-state index in [-0.39, 0.29) is 18.5 Å². The molecule has 0 saturated carbocycles. The molecule has 2 atom stereocenters. The van der Waals surface area contributed by atoms with Crippen LogP contribution in [0.25, 0.3) is 0 Å². The maximum atomic E-state index is 12.5. The van der Waals surface area contributed by atoms with Gasteiger partial charge in [-0.25, -0.2) is 0 Å². The Morgan fingerprint density at radius 3 is 0.922 bits per heavy atom. The van der Waals surface area contributed by atoms with E-state index < -0.39 is 12.1 Å². The third kappa shape index (κ3) is 63.4. The first kappa shape index (κ1) is 75.3. The molecule has 0 aliphatic carbocycles. The second-order valence-corrected chi connectivity index (χ2v) is 24.2. The van der Waals surface area contributed by atoms with Crippen molar-refractivity contribution in [2.75, 3.05) is 13.2 Å². The minimum absolute atomic E-state index is 0.0135. The summed E-state index contributed by atoms with van der Waals surface area (Å²) in [5.74, 6) is -0.0487. The Hall–Kier alpha value is -1.66. The number of allylic oxidation sites excluding steroid dienone is 3. The first-order valence-electron chi connectivity index (χ1n) is 35.1. The number of ether oxygens (including phenoxy) is 1. The standard InChI is InChI=1S/C71H137NO5/c1-3-5-7-9-11-13-15-17-18-37-41-45-49-53-57-61-65-71(76)77-66-62-58-54-50-46-42-38-35-33-31-29-27-25-23-21-19-20-22-24-26-28-30-32-34-36-40-44-48-52-56-60-64-70(75)72-68(67-73)69(74)63-59-55-51-47-43-39-16-14-12-10-8-6-4-2/h18,37,59,63,68-69,73-74H,3-17,19-36,38-58,60-62,64-67H2,1-2H3,(H,72,75)/b37-18-,63-59+. The Morgan fingerprint density at radius 2 is 0.610 bits per heavy atom. The van der Waals surface area contributed by atoms with E-state index in [9.17, 15) is 19.8 Å². The van der Waals surface area contributed by atoms with Crippen molar-refractivity contribution < 1.29 is 24.5 Å². The Kier molecular flexibility index (Phi) is 65.4. The Balaban J connectivity index is 3.32. The lowest BCUT2D eigenvalue weighted by atomic mass is 10.0. The van der Waals surface area contributed by atoms with Gasteiger partial charge in [0, 0.05) is 12.8 Å². The first-order valence-corrected chi connectivity index (χ1v) is 35.1. The van der Waals surface area contributed by atoms with E-state index in [1.165, 1.54) is 321 Å². The smallest absolute Gasteiger partial charge is 0.305 e. The summed E-state index contributed by atoms with van der Waals surface area (Å²) >= 11 is 0. The summed E-state index contributed by atoms with van der Waals surface area (Å²) in [5.41, 5.74) is 0. The third-order valence-electron chi connectivity index (χ3n) is 16.5. The lowest BCUT2D eigenvalue weighted by Crippen LogP contribution is -2.45. The van der Waals surface area contributed by atoms with E-state index in [0.29, 0.717) is 19.4 Å². The van der Waals surface area contributed by atoms with Crippen molar-refractivity contribution in [3.63, 3.8) is 0 Å². The summed E-state index contributed by atoms with van der Waals surface area (Å²) < 4.78 is 5.50. The normalized spacial score (nSPS) is 12.6. The van der Waals surface area contributed by atoms with Crippen LogP contribution in [0.2, 0.25) is 0 Å². The summed E-state index contributed by atoms with van der Waals surface area (Å²) in [6, 6.07) is -0.623. The maximum Gasteiger partial charge on any atom is 0.305 e. The molecule has 0 aromatic carbocycles. The minimum atomic E-state index is -0.840. The van der Waals surface area contributed by atoms with E-state index in [0.717, 1.165) is 44.9 Å². The molecule has 77 heavy (non-hydrogen) atoms. The van der Waals surface area contributed by atoms with Gasteiger partial charge in [-0.2, -0.15) is 0 Å². The fraction of sp³-hybridized carbons (Fsp3) is 0.915. The number of nitrogens with one attached hydrogen (secondary N) is 1. The van der Waals surface area contributed by atoms with Crippen molar-refractivity contribution in [3.8, 4) is 0 Å². The highest BCUT2D eigenvalue weighted by Crippen LogP contribution is 2.19. The molecule has 0 bridgehead atoms. The molecule has 0 aliphatic heterocycles. The minimum Gasteiger partial charge on any atom is -0.466 e. The first-order chi connectivity index (χ1) is 38.0. The molecule has 0 rings (SSSR count). The van der Waals surface area contributed by atoms with Crippen LogP contribution in [0.5, 0.6) is 0 Å². The fourth-order valence-electron chi connectivity index (χ4n) is 11.1. The van der Waals surface area contributed by atoms with Gasteiger partial charge in [0.15, 0.2) is 0 Å². The van der Waals surface area contributed by atoms with Crippen molar-refractivity contribution in [1.82, 2.24) is 5.32 Å². The van der Waals surface area contributed by atoms with Crippen LogP contribution >= 0.6 is 0 Å². The summed E-state index contributed by atoms with van der Waals surface area (Å²) in [6.07, 6.45) is 84.1. The molecule has 0 radical (unpaired) electrons. The third-order valence-corrected chi connectivity index (χ3v) is 16.5. The van der Waals surface area contributed by atoms with Crippen LogP contribution in [0, 0.1) is 0 Å². The number of unbranched alkanes of at least 4 members (excludes halogenated alkanes) is 53. The quantitative estimate of drug-likeness (QED) is 0.0320. The van der Waals surface area contributed by atoms with Gasteiger partial charge in [0.1, 0.15) is 0 Å². The number of amides is 1. The molecule has 2 unspecified atom stereocenters. The number of rotatable bonds is 66. The topological polar surface area (TPSA) is 95.9 Å². The molecule has 0 aromatic rings. The molecule has 0 aliphatic rings. The summed E-state index contributed by atoms with van der Waals surface area (Å²) in [4.78, 5) is 24.5. The number of carbonyl (C=O) groups excluding carboxylic acids is 2. The van der Waals surface area contributed by atoms with Gasteiger partial charge in [-0.1, -0.05) is 346 Å². The molecule has 0 heterocycles. The molecule has 1 amide bonds. The molecule has 6 heteroatoms. The highest BCUT2D eigenvalue weighted by atomic mass is 16.5. The zero-order valence-corrected chi connectivity index (χ0v) is 52.2. The summed E-state index contributed by atoms with van der Waals surface area (Å²) in [5, 5.41) is 23.1. The van der Waals surface area contributed by atoms with Gasteiger partial charge >= 0.3 is 5.97 Å². The molecule has 0 spiro atoms. The van der Waals surface area contributed by atoms with Crippen LogP contribution in [-0.4, -0.2) is 47.4 Å². The largest absolute Gasteiger partial charge is 0.466 e. The molecule has 0 saturated heterocycles. The molecule has 0 aromatic heterocycles. The van der Waals surface area contributed by atoms with Gasteiger partial charge in [0.05, 0.1) is 25.4 Å². The fourth-order valence-corrected chi connectivity index (χ4v) is 11.1. The molecule has 6 nitrogen and oxygen atoms in total. The predicted octanol–water partition coefficient (Wildman–Crippen LogP) is 22.5. The average Bonchev–Trinajstić information content (AvgIpc) is 3.43. The lowest BCUT2D eigenvalue weighted by Gasteiger charge is -2.20. The number of aliphatic hydroxyl groups is 2. The van der Waals surface area contributed by atoms with Crippen LogP contribution in [-0.2, 0) is 14.3 Å². The Bertz CT molecular complexity index is 1200. The van der Waals surface area contributed by atoms with E-state index in [1.807, 2.05) is 6.08 Å². The number of aliphatic hydroxyl groups excluding tert-OH is 2. The molecule has 456 valence electrons. The maximum absolute atomic E-state index is 12.5. The van der Waals surface area contributed by atoms with Gasteiger partial charge in [0.2, 0.25) is 5.91 Å². The van der Waals surface area contributed by atoms with Crippen LogP contribution in [0.3, 0.4) is 0 Å². The van der Waals surface area contributed by atoms with Crippen LogP contribution in [0.4, 0.5) is 0 Å². The van der Waals surface area contributed by atoms with Crippen molar-refractivity contribution in [2.24, 2.45) is 0 Å². The highest BCUT2D eigenvalue weighted by Gasteiger charge is 2.18. The van der Waals surface area contributed by atoms with Crippen molar-refractivity contribution in [2.45, 2.75) is 405 Å². The Labute approximate surface area is 481 Å². The SMILES string of the molecule is CCCCCCCCC/C=C\CCCCCCCC(=O)OCCCCCCCCCCCCCCCCCCCCCCCCCCCCCCCCCC(=O)NC(CO)C(O)/C=C/CCCCCCCCCCCCC. The van der Waals surface area contributed by atoms with E-state index in [4.69, 9.17) is 4.74 Å². The zero-order chi connectivity index (χ0) is 55.7. The van der Waals surface area contributed by atoms with Crippen LogP contribution < -0.4 is 5.32 Å². The number of carbonyl (C=O) groups is 2. The van der Waals surface area contributed by atoms with Crippen molar-refractivity contribution >= 4 is 11.9 Å². The van der Waals surface area contributed by atoms with Crippen LogP contribution in [0.15, 0.2) is 24.3 Å². The highest BCUT2D eigenvalue weighted by molar-refractivity contribution is 5.76. The number of esters is 1. The lowest BCUT2D eigenvalue weighted by molar-refractivity contribution is -0.143. The number of hydrogen-bond donors (Lipinski definition) is 3. The number of hydrogen-bond acceptors (Lipinski definition) is 5. The van der Waals surface area contributed by atoms with E-state index >= 15 is 0 Å². The summed E-state index contributed by atoms with van der Waals surface area (Å²) in [6.45, 7) is 4.92. The van der Waals surface area contributed by atoms with Crippen LogP contribution in [0.1, 0.15) is 393 Å². The van der Waals surface area contributed by atoms with Crippen molar-refractivity contribution in [3.05, 3.63) is 24.3 Å². The molecular weight excluding hydrogens is 947 g/mol. The monoisotopic (exact) mass is 1080 g/mol. The van der Waals surface area contributed by atoms with Gasteiger partial charge in [-0.05, 0) is 57.8 Å². The van der Waals surface area contributed by atoms with Gasteiger partial charge in [-0.15, -0.1) is 0 Å². The molecular formula is C71H137NO5. The van der Waals surface area contributed by atoms with Gasteiger partial charge in [-0.3, -0.25) is 9.59 Å². The van der Waals surface area contributed by atoms with Crippen molar-refractivity contribution in [1.29, 1.82) is 0 Å². The molecule has 3 N–H and O–H groups in total. The zero-order valence-electron chi connectivity index (χ0n) is 52.2. The predicted molar refractivity (Wildman–Crippen MR) is 338 cm³/mol. The average molecular weight is 1080 g/mol. The molecule has 0 fully saturated rings.